The first-order chi connectivity index (χ1) is 12.4. The lowest BCUT2D eigenvalue weighted by atomic mass is 9.85. The summed E-state index contributed by atoms with van der Waals surface area (Å²) < 4.78 is 0. The van der Waals surface area contributed by atoms with Crippen LogP contribution in [0.25, 0.3) is 11.1 Å². The monoisotopic (exact) mass is 328 g/mol. The number of hydrogen-bond acceptors (Lipinski definition) is 0. The first kappa shape index (κ1) is 17.5. The molecule has 0 aliphatic heterocycles. The number of rotatable bonds is 3. The molecule has 0 saturated heterocycles. The van der Waals surface area contributed by atoms with Gasteiger partial charge in [-0.05, 0) is 29.0 Å². The normalized spacial score (nSPS) is 14.4. The van der Waals surface area contributed by atoms with E-state index in [1.54, 1.807) is 0 Å². The fraction of sp³-hybridized carbons (Fsp3) is 0.280. The lowest BCUT2D eigenvalue weighted by Gasteiger charge is -2.21. The lowest BCUT2D eigenvalue weighted by Crippen LogP contribution is -2.08. The van der Waals surface area contributed by atoms with Gasteiger partial charge in [-0.3, -0.25) is 0 Å². The molecule has 0 spiro atoms. The standard InChI is InChI=1S/C13H18.C12H10/c1-3-7-12(8-4-1)11-13-9-5-2-6-10-13;1-3-7-11(8-4-1)12-9-5-2-6-10-12/h1,3-4,7-8,13H,2,5-6,9-11H2;1-10H. The van der Waals surface area contributed by atoms with Crippen LogP contribution in [-0.4, -0.2) is 0 Å². The predicted molar refractivity (Wildman–Crippen MR) is 109 cm³/mol. The van der Waals surface area contributed by atoms with Crippen LogP contribution in [0.4, 0.5) is 0 Å². The summed E-state index contributed by atoms with van der Waals surface area (Å²) in [7, 11) is 0. The van der Waals surface area contributed by atoms with Gasteiger partial charge in [0.05, 0.1) is 0 Å². The number of benzene rings is 3. The van der Waals surface area contributed by atoms with Gasteiger partial charge in [0.25, 0.3) is 0 Å². The summed E-state index contributed by atoms with van der Waals surface area (Å²) in [6.45, 7) is 0. The zero-order valence-corrected chi connectivity index (χ0v) is 15.0. The van der Waals surface area contributed by atoms with Gasteiger partial charge in [-0.25, -0.2) is 0 Å². The molecular formula is C25H28. The highest BCUT2D eigenvalue weighted by Gasteiger charge is 2.13. The molecule has 1 aliphatic carbocycles. The van der Waals surface area contributed by atoms with Gasteiger partial charge < -0.3 is 0 Å². The summed E-state index contributed by atoms with van der Waals surface area (Å²) in [5.74, 6) is 0.969. The molecule has 1 fully saturated rings. The maximum absolute atomic E-state index is 2.26. The van der Waals surface area contributed by atoms with Crippen molar-refractivity contribution in [3.8, 4) is 11.1 Å². The van der Waals surface area contributed by atoms with Gasteiger partial charge in [0.15, 0.2) is 0 Å². The van der Waals surface area contributed by atoms with E-state index in [0.717, 1.165) is 5.92 Å². The molecule has 4 rings (SSSR count). The summed E-state index contributed by atoms with van der Waals surface area (Å²) in [5.41, 5.74) is 4.07. The first-order valence-electron chi connectivity index (χ1n) is 9.56. The molecule has 0 heterocycles. The van der Waals surface area contributed by atoms with Gasteiger partial charge in [-0.2, -0.15) is 0 Å². The molecule has 0 radical (unpaired) electrons. The van der Waals surface area contributed by atoms with E-state index in [1.807, 2.05) is 12.1 Å². The molecule has 3 aromatic carbocycles. The van der Waals surface area contributed by atoms with Gasteiger partial charge in [-0.15, -0.1) is 0 Å². The molecule has 0 unspecified atom stereocenters. The van der Waals surface area contributed by atoms with Gasteiger partial charge >= 0.3 is 0 Å². The molecule has 1 saturated carbocycles. The van der Waals surface area contributed by atoms with Crippen LogP contribution < -0.4 is 0 Å². The summed E-state index contributed by atoms with van der Waals surface area (Å²) in [4.78, 5) is 0. The Morgan fingerprint density at radius 3 is 1.44 bits per heavy atom. The Hall–Kier alpha value is -2.34. The molecule has 128 valence electrons. The fourth-order valence-corrected chi connectivity index (χ4v) is 3.60. The SMILES string of the molecule is c1ccc(-c2ccccc2)cc1.c1ccc(CC2CCCCC2)cc1. The second-order valence-corrected chi connectivity index (χ2v) is 6.93. The zero-order chi connectivity index (χ0) is 17.2. The van der Waals surface area contributed by atoms with Crippen LogP contribution in [0.3, 0.4) is 0 Å². The predicted octanol–water partition coefficient (Wildman–Crippen LogP) is 7.16. The van der Waals surface area contributed by atoms with Crippen LogP contribution >= 0.6 is 0 Å². The van der Waals surface area contributed by atoms with Crippen molar-refractivity contribution in [2.45, 2.75) is 38.5 Å². The highest BCUT2D eigenvalue weighted by molar-refractivity contribution is 5.62. The van der Waals surface area contributed by atoms with Crippen LogP contribution in [0.1, 0.15) is 37.7 Å². The van der Waals surface area contributed by atoms with Gasteiger partial charge in [-0.1, -0.05) is 123 Å². The molecule has 0 atom stereocenters. The van der Waals surface area contributed by atoms with E-state index in [-0.39, 0.29) is 0 Å². The average molecular weight is 328 g/mol. The summed E-state index contributed by atoms with van der Waals surface area (Å²) in [6.07, 6.45) is 8.59. The van der Waals surface area contributed by atoms with Crippen LogP contribution in [0, 0.1) is 5.92 Å². The molecule has 0 heteroatoms. The molecule has 0 aromatic heterocycles. The van der Waals surface area contributed by atoms with Gasteiger partial charge in [0.1, 0.15) is 0 Å². The third-order valence-corrected chi connectivity index (χ3v) is 4.97. The quantitative estimate of drug-likeness (QED) is 0.478. The Balaban J connectivity index is 0.000000146. The Labute approximate surface area is 152 Å². The zero-order valence-electron chi connectivity index (χ0n) is 15.0. The Morgan fingerprint density at radius 1 is 0.520 bits per heavy atom. The van der Waals surface area contributed by atoms with Crippen molar-refractivity contribution in [3.05, 3.63) is 96.6 Å². The van der Waals surface area contributed by atoms with E-state index in [4.69, 9.17) is 0 Å². The Kier molecular flexibility index (Phi) is 6.88. The first-order valence-corrected chi connectivity index (χ1v) is 9.56. The molecule has 0 bridgehead atoms. The van der Waals surface area contributed by atoms with Gasteiger partial charge in [0.2, 0.25) is 0 Å². The maximum atomic E-state index is 2.26. The molecule has 3 aromatic rings. The van der Waals surface area contributed by atoms with Crippen molar-refractivity contribution >= 4 is 0 Å². The van der Waals surface area contributed by atoms with Crippen molar-refractivity contribution in [1.29, 1.82) is 0 Å². The lowest BCUT2D eigenvalue weighted by molar-refractivity contribution is 0.356. The van der Waals surface area contributed by atoms with Crippen molar-refractivity contribution in [1.82, 2.24) is 0 Å². The molecule has 0 amide bonds. The van der Waals surface area contributed by atoms with Crippen molar-refractivity contribution in [2.24, 2.45) is 5.92 Å². The second kappa shape index (κ2) is 9.84. The summed E-state index contributed by atoms with van der Waals surface area (Å²) >= 11 is 0. The summed E-state index contributed by atoms with van der Waals surface area (Å²) in [5, 5.41) is 0. The van der Waals surface area contributed by atoms with Crippen LogP contribution in [0.5, 0.6) is 0 Å². The van der Waals surface area contributed by atoms with Crippen LogP contribution in [-0.2, 0) is 6.42 Å². The fourth-order valence-electron chi connectivity index (χ4n) is 3.60. The van der Waals surface area contributed by atoms with E-state index < -0.39 is 0 Å². The van der Waals surface area contributed by atoms with E-state index in [9.17, 15) is 0 Å². The Morgan fingerprint density at radius 2 is 0.960 bits per heavy atom. The topological polar surface area (TPSA) is 0 Å². The highest BCUT2D eigenvalue weighted by atomic mass is 14.2. The molecule has 0 nitrogen and oxygen atoms in total. The minimum atomic E-state index is 0.969. The van der Waals surface area contributed by atoms with Crippen molar-refractivity contribution < 1.29 is 0 Å². The van der Waals surface area contributed by atoms with Crippen molar-refractivity contribution in [3.63, 3.8) is 0 Å². The molecule has 1 aliphatic rings. The van der Waals surface area contributed by atoms with Crippen molar-refractivity contribution in [2.75, 3.05) is 0 Å². The van der Waals surface area contributed by atoms with E-state index in [1.165, 1.54) is 55.2 Å². The van der Waals surface area contributed by atoms with Crippen LogP contribution in [0.2, 0.25) is 0 Å². The molecule has 0 N–H and O–H groups in total. The van der Waals surface area contributed by atoms with Crippen LogP contribution in [0.15, 0.2) is 91.0 Å². The van der Waals surface area contributed by atoms with E-state index in [2.05, 4.69) is 78.9 Å². The second-order valence-electron chi connectivity index (χ2n) is 6.93. The maximum Gasteiger partial charge on any atom is -0.0184 e. The third kappa shape index (κ3) is 5.90. The Bertz CT molecular complexity index is 657. The summed E-state index contributed by atoms with van der Waals surface area (Å²) in [6, 6.07) is 31.7. The average Bonchev–Trinajstić information content (AvgIpc) is 2.71. The minimum Gasteiger partial charge on any atom is -0.0622 e. The van der Waals surface area contributed by atoms with E-state index >= 15 is 0 Å². The highest BCUT2D eigenvalue weighted by Crippen LogP contribution is 2.26. The minimum absolute atomic E-state index is 0.969. The smallest absolute Gasteiger partial charge is 0.0184 e. The third-order valence-electron chi connectivity index (χ3n) is 4.97. The van der Waals surface area contributed by atoms with E-state index in [0.29, 0.717) is 0 Å². The van der Waals surface area contributed by atoms with Gasteiger partial charge in [0, 0.05) is 0 Å². The largest absolute Gasteiger partial charge is 0.0622 e. The molecular weight excluding hydrogens is 300 g/mol. The number of hydrogen-bond donors (Lipinski definition) is 0. The molecule has 25 heavy (non-hydrogen) atoms.